The molecule has 136 valence electrons. The molecule has 5 aliphatic rings. The average Bonchev–Trinajstić information content (AvgIpc) is 3.14. The van der Waals surface area contributed by atoms with Crippen molar-refractivity contribution in [3.63, 3.8) is 0 Å². The van der Waals surface area contributed by atoms with Crippen molar-refractivity contribution in [2.24, 2.45) is 35.5 Å². The van der Waals surface area contributed by atoms with Gasteiger partial charge in [-0.05, 0) is 74.0 Å². The highest BCUT2D eigenvalue weighted by atomic mass is 16.7. The van der Waals surface area contributed by atoms with E-state index in [0.717, 1.165) is 38.5 Å². The Kier molecular flexibility index (Phi) is 3.62. The topological polar surface area (TPSA) is 58.9 Å². The molecule has 0 unspecified atom stereocenters. The lowest BCUT2D eigenvalue weighted by Crippen LogP contribution is -2.60. The number of hydrogen-bond donors (Lipinski definition) is 2. The summed E-state index contributed by atoms with van der Waals surface area (Å²) in [6.07, 6.45) is 7.90. The van der Waals surface area contributed by atoms with Crippen molar-refractivity contribution in [2.75, 3.05) is 13.2 Å². The summed E-state index contributed by atoms with van der Waals surface area (Å²) in [5.41, 5.74) is -0.609. The van der Waals surface area contributed by atoms with Gasteiger partial charge in [0.05, 0.1) is 24.9 Å². The molecule has 0 bridgehead atoms. The molecule has 1 spiro atoms. The quantitative estimate of drug-likeness (QED) is 0.714. The molecule has 5 fully saturated rings. The molecule has 0 aromatic rings. The summed E-state index contributed by atoms with van der Waals surface area (Å²) in [6.45, 7) is 3.72. The minimum atomic E-state index is -0.609. The van der Waals surface area contributed by atoms with Gasteiger partial charge in [0.2, 0.25) is 0 Å². The van der Waals surface area contributed by atoms with E-state index in [0.29, 0.717) is 55.1 Å². The molecule has 1 saturated heterocycles. The molecule has 8 atom stereocenters. The molecule has 4 saturated carbocycles. The van der Waals surface area contributed by atoms with Gasteiger partial charge >= 0.3 is 0 Å². The molecule has 1 aliphatic heterocycles. The smallest absolute Gasteiger partial charge is 0.171 e. The van der Waals surface area contributed by atoms with Gasteiger partial charge < -0.3 is 19.7 Å². The molecule has 4 heteroatoms. The fourth-order valence-electron chi connectivity index (χ4n) is 7.65. The molecule has 5 rings (SSSR count). The minimum Gasteiger partial charge on any atom is -0.393 e. The van der Waals surface area contributed by atoms with E-state index in [2.05, 4.69) is 6.92 Å². The highest BCUT2D eigenvalue weighted by Crippen LogP contribution is 2.62. The van der Waals surface area contributed by atoms with Crippen molar-refractivity contribution in [1.29, 1.82) is 0 Å². The fraction of sp³-hybridized carbons (Fsp3) is 1.00. The number of fused-ring (bicyclic) bond motifs is 5. The fourth-order valence-corrected chi connectivity index (χ4v) is 7.65. The summed E-state index contributed by atoms with van der Waals surface area (Å²) in [7, 11) is 0. The van der Waals surface area contributed by atoms with E-state index in [1.54, 1.807) is 0 Å². The zero-order chi connectivity index (χ0) is 16.5. The van der Waals surface area contributed by atoms with Gasteiger partial charge in [-0.15, -0.1) is 0 Å². The number of rotatable bonds is 0. The van der Waals surface area contributed by atoms with E-state index in [-0.39, 0.29) is 6.10 Å². The van der Waals surface area contributed by atoms with E-state index in [9.17, 15) is 10.2 Å². The monoisotopic (exact) mass is 336 g/mol. The van der Waals surface area contributed by atoms with Crippen LogP contribution in [0.3, 0.4) is 0 Å². The van der Waals surface area contributed by atoms with Crippen molar-refractivity contribution in [3.8, 4) is 0 Å². The van der Waals surface area contributed by atoms with Gasteiger partial charge in [-0.2, -0.15) is 0 Å². The Labute approximate surface area is 144 Å². The van der Waals surface area contributed by atoms with Gasteiger partial charge in [0.25, 0.3) is 0 Å². The molecule has 2 N–H and O–H groups in total. The lowest BCUT2D eigenvalue weighted by atomic mass is 9.49. The van der Waals surface area contributed by atoms with E-state index < -0.39 is 11.4 Å². The first-order chi connectivity index (χ1) is 11.5. The number of aliphatic hydroxyl groups is 2. The molecule has 0 aromatic heterocycles. The van der Waals surface area contributed by atoms with Crippen LogP contribution in [-0.4, -0.2) is 40.9 Å². The van der Waals surface area contributed by atoms with Gasteiger partial charge in [0.15, 0.2) is 5.79 Å². The normalized spacial score (nSPS) is 55.9. The first-order valence-electron chi connectivity index (χ1n) is 10.2. The van der Waals surface area contributed by atoms with Crippen LogP contribution in [0.2, 0.25) is 0 Å². The van der Waals surface area contributed by atoms with E-state index in [1.165, 1.54) is 6.42 Å². The van der Waals surface area contributed by atoms with Crippen molar-refractivity contribution in [3.05, 3.63) is 0 Å². The van der Waals surface area contributed by atoms with Gasteiger partial charge in [-0.1, -0.05) is 6.92 Å². The van der Waals surface area contributed by atoms with Crippen LogP contribution in [0.1, 0.15) is 58.3 Å². The van der Waals surface area contributed by atoms with Crippen LogP contribution in [-0.2, 0) is 9.47 Å². The SMILES string of the molecule is C[C@H]1C[C@H]2[C@@H](CC[C@@H]2O)[C@@H]2CC[C@@]3(O)CC4(CC[C@@H]3[C@H]21)OCCO4. The zero-order valence-electron chi connectivity index (χ0n) is 14.8. The second-order valence-corrected chi connectivity index (χ2v) is 9.50. The van der Waals surface area contributed by atoms with Gasteiger partial charge in [0, 0.05) is 12.8 Å². The maximum absolute atomic E-state index is 11.6. The standard InChI is InChI=1S/C20H32O4/c1-12-10-15-13(2-3-17(15)21)14-4-6-19(22)11-20(23-8-9-24-20)7-5-16(19)18(12)14/h12-18,21-22H,2-11H2,1H3/t12-,13-,14-,15-,16+,17-,18-,19+/m0/s1. The maximum Gasteiger partial charge on any atom is 0.171 e. The molecule has 24 heavy (non-hydrogen) atoms. The van der Waals surface area contributed by atoms with Gasteiger partial charge in [-0.3, -0.25) is 0 Å². The van der Waals surface area contributed by atoms with Crippen molar-refractivity contribution < 1.29 is 19.7 Å². The second-order valence-electron chi connectivity index (χ2n) is 9.50. The molecule has 0 aromatic carbocycles. The Bertz CT molecular complexity index is 502. The molecule has 0 amide bonds. The van der Waals surface area contributed by atoms with Crippen molar-refractivity contribution in [2.45, 2.75) is 75.8 Å². The van der Waals surface area contributed by atoms with Crippen molar-refractivity contribution in [1.82, 2.24) is 0 Å². The van der Waals surface area contributed by atoms with Crippen LogP contribution in [0.5, 0.6) is 0 Å². The number of aliphatic hydroxyl groups excluding tert-OH is 1. The Hall–Kier alpha value is -0.160. The molecule has 4 aliphatic carbocycles. The van der Waals surface area contributed by atoms with Crippen LogP contribution < -0.4 is 0 Å². The summed E-state index contributed by atoms with van der Waals surface area (Å²) in [5.74, 6) is 3.05. The summed E-state index contributed by atoms with van der Waals surface area (Å²) in [6, 6.07) is 0. The lowest BCUT2D eigenvalue weighted by molar-refractivity contribution is -0.258. The van der Waals surface area contributed by atoms with Crippen LogP contribution in [0.25, 0.3) is 0 Å². The highest BCUT2D eigenvalue weighted by Gasteiger charge is 2.61. The molecule has 1 heterocycles. The number of ether oxygens (including phenoxy) is 2. The third kappa shape index (κ3) is 2.19. The summed E-state index contributed by atoms with van der Waals surface area (Å²) < 4.78 is 11.9. The zero-order valence-corrected chi connectivity index (χ0v) is 14.8. The highest BCUT2D eigenvalue weighted by molar-refractivity contribution is 5.09. The molecular formula is C20H32O4. The van der Waals surface area contributed by atoms with Crippen LogP contribution >= 0.6 is 0 Å². The van der Waals surface area contributed by atoms with Gasteiger partial charge in [0.1, 0.15) is 0 Å². The van der Waals surface area contributed by atoms with Crippen LogP contribution in [0, 0.1) is 35.5 Å². The molecule has 0 radical (unpaired) electrons. The minimum absolute atomic E-state index is 0.0749. The number of hydrogen-bond acceptors (Lipinski definition) is 4. The summed E-state index contributed by atoms with van der Waals surface area (Å²) in [4.78, 5) is 0. The summed E-state index contributed by atoms with van der Waals surface area (Å²) in [5, 5.41) is 21.9. The van der Waals surface area contributed by atoms with E-state index >= 15 is 0 Å². The second kappa shape index (κ2) is 5.42. The average molecular weight is 336 g/mol. The van der Waals surface area contributed by atoms with E-state index in [1.807, 2.05) is 0 Å². The Morgan fingerprint density at radius 1 is 0.917 bits per heavy atom. The lowest BCUT2D eigenvalue weighted by Gasteiger charge is -2.59. The Balaban J connectivity index is 1.42. The van der Waals surface area contributed by atoms with Gasteiger partial charge in [-0.25, -0.2) is 0 Å². The molecular weight excluding hydrogens is 304 g/mol. The van der Waals surface area contributed by atoms with Crippen molar-refractivity contribution >= 4 is 0 Å². The Morgan fingerprint density at radius 3 is 2.50 bits per heavy atom. The molecule has 4 nitrogen and oxygen atoms in total. The third-order valence-corrected chi connectivity index (χ3v) is 8.48. The van der Waals surface area contributed by atoms with Crippen LogP contribution in [0.15, 0.2) is 0 Å². The first-order valence-corrected chi connectivity index (χ1v) is 10.2. The summed E-state index contributed by atoms with van der Waals surface area (Å²) >= 11 is 0. The largest absolute Gasteiger partial charge is 0.393 e. The predicted molar refractivity (Wildman–Crippen MR) is 89.1 cm³/mol. The maximum atomic E-state index is 11.6. The van der Waals surface area contributed by atoms with Crippen LogP contribution in [0.4, 0.5) is 0 Å². The predicted octanol–water partition coefficient (Wildman–Crippen LogP) is 2.71. The van der Waals surface area contributed by atoms with E-state index in [4.69, 9.17) is 9.47 Å². The first kappa shape index (κ1) is 16.0. The third-order valence-electron chi connectivity index (χ3n) is 8.48. The Morgan fingerprint density at radius 2 is 1.71 bits per heavy atom.